The lowest BCUT2D eigenvalue weighted by Crippen LogP contribution is -2.04. The number of ether oxygens (including phenoxy) is 1. The summed E-state index contributed by atoms with van der Waals surface area (Å²) in [4.78, 5) is 10.6. The predicted octanol–water partition coefficient (Wildman–Crippen LogP) is 1.89. The van der Waals surface area contributed by atoms with E-state index in [9.17, 15) is 4.79 Å². The van der Waals surface area contributed by atoms with E-state index >= 15 is 0 Å². The highest BCUT2D eigenvalue weighted by atomic mass is 79.9. The average Bonchev–Trinajstić information content (AvgIpc) is 1.89. The minimum absolute atomic E-state index is 0.198. The van der Waals surface area contributed by atoms with E-state index in [-0.39, 0.29) is 5.97 Å². The molecule has 3 heteroatoms. The maximum absolute atomic E-state index is 10.6. The fourth-order valence-electron chi connectivity index (χ4n) is 0.417. The Morgan fingerprint density at radius 1 is 1.70 bits per heavy atom. The molecule has 0 rings (SSSR count). The van der Waals surface area contributed by atoms with Crippen LogP contribution in [0.15, 0.2) is 12.7 Å². The lowest BCUT2D eigenvalue weighted by molar-refractivity contribution is -0.142. The molecular weight excluding hydrogens is 196 g/mol. The molecule has 0 saturated heterocycles. The van der Waals surface area contributed by atoms with Crippen molar-refractivity contribution in [3.63, 3.8) is 0 Å². The molecule has 0 atom stereocenters. The molecule has 0 unspecified atom stereocenters. The molecule has 0 heterocycles. The normalized spacial score (nSPS) is 8.90. The zero-order chi connectivity index (χ0) is 7.82. The molecule has 0 aromatic rings. The van der Waals surface area contributed by atoms with Gasteiger partial charge in [0.1, 0.15) is 0 Å². The molecule has 2 nitrogen and oxygen atoms in total. The molecule has 0 fully saturated rings. The van der Waals surface area contributed by atoms with Gasteiger partial charge >= 0.3 is 5.97 Å². The predicted molar refractivity (Wildman–Crippen MR) is 44.2 cm³/mol. The van der Waals surface area contributed by atoms with E-state index in [4.69, 9.17) is 4.74 Å². The topological polar surface area (TPSA) is 26.3 Å². The first-order valence-corrected chi connectivity index (χ1v) is 4.26. The summed E-state index contributed by atoms with van der Waals surface area (Å²) in [6.07, 6.45) is 2.71. The van der Waals surface area contributed by atoms with Crippen molar-refractivity contribution in [3.8, 4) is 0 Å². The van der Waals surface area contributed by atoms with Gasteiger partial charge in [-0.3, -0.25) is 4.79 Å². The van der Waals surface area contributed by atoms with Crippen molar-refractivity contribution in [2.24, 2.45) is 0 Å². The third-order valence-electron chi connectivity index (χ3n) is 0.852. The van der Waals surface area contributed by atoms with Gasteiger partial charge in [-0.05, 0) is 6.42 Å². The van der Waals surface area contributed by atoms with Gasteiger partial charge < -0.3 is 4.74 Å². The lowest BCUT2D eigenvalue weighted by Gasteiger charge is -1.99. The summed E-state index contributed by atoms with van der Waals surface area (Å²) in [5.41, 5.74) is 0. The van der Waals surface area contributed by atoms with Crippen LogP contribution in [0.5, 0.6) is 0 Å². The van der Waals surface area contributed by atoms with E-state index in [0.717, 1.165) is 11.8 Å². The second kappa shape index (κ2) is 6.81. The minimum atomic E-state index is -0.198. The Morgan fingerprint density at radius 2 is 2.40 bits per heavy atom. The molecule has 0 N–H and O–H groups in total. The van der Waals surface area contributed by atoms with Crippen molar-refractivity contribution in [1.82, 2.24) is 0 Å². The first kappa shape index (κ1) is 9.69. The van der Waals surface area contributed by atoms with Crippen LogP contribution in [-0.4, -0.2) is 17.9 Å². The molecule has 10 heavy (non-hydrogen) atoms. The Balaban J connectivity index is 3.13. The van der Waals surface area contributed by atoms with Crippen molar-refractivity contribution in [2.45, 2.75) is 12.8 Å². The molecule has 0 amide bonds. The number of carbonyl (C=O) groups is 1. The first-order valence-electron chi connectivity index (χ1n) is 3.13. The summed E-state index contributed by atoms with van der Waals surface area (Å²) < 4.78 is 4.78. The second-order valence-corrected chi connectivity index (χ2v) is 2.55. The smallest absolute Gasteiger partial charge is 0.309 e. The molecule has 0 saturated carbocycles. The molecule has 0 aliphatic carbocycles. The summed E-state index contributed by atoms with van der Waals surface area (Å²) in [6, 6.07) is 0. The van der Waals surface area contributed by atoms with Gasteiger partial charge in [-0.1, -0.05) is 22.0 Å². The maximum Gasteiger partial charge on any atom is 0.309 e. The molecule has 0 aliphatic rings. The van der Waals surface area contributed by atoms with Gasteiger partial charge in [0, 0.05) is 5.33 Å². The van der Waals surface area contributed by atoms with Crippen LogP contribution in [0.2, 0.25) is 0 Å². The van der Waals surface area contributed by atoms with Crippen LogP contribution in [-0.2, 0) is 9.53 Å². The largest absolute Gasteiger partial charge is 0.465 e. The Labute approximate surface area is 69.4 Å². The van der Waals surface area contributed by atoms with Gasteiger partial charge in [-0.25, -0.2) is 0 Å². The van der Waals surface area contributed by atoms with Gasteiger partial charge in [0.15, 0.2) is 0 Å². The number of alkyl halides is 1. The number of rotatable bonds is 5. The van der Waals surface area contributed by atoms with Crippen LogP contribution in [0.25, 0.3) is 0 Å². The van der Waals surface area contributed by atoms with Crippen LogP contribution in [0.4, 0.5) is 0 Å². The highest BCUT2D eigenvalue weighted by Crippen LogP contribution is 1.91. The van der Waals surface area contributed by atoms with E-state index in [1.807, 2.05) is 0 Å². The number of carbonyl (C=O) groups excluding carboxylic acids is 1. The van der Waals surface area contributed by atoms with Crippen molar-refractivity contribution < 1.29 is 9.53 Å². The minimum Gasteiger partial charge on any atom is -0.465 e. The summed E-state index contributed by atoms with van der Waals surface area (Å²) >= 11 is 3.23. The van der Waals surface area contributed by atoms with E-state index in [1.54, 1.807) is 0 Å². The van der Waals surface area contributed by atoms with E-state index in [1.165, 1.54) is 6.08 Å². The molecule has 0 spiro atoms. The van der Waals surface area contributed by atoms with Crippen LogP contribution in [0, 0.1) is 0 Å². The van der Waals surface area contributed by atoms with Crippen molar-refractivity contribution in [1.29, 1.82) is 0 Å². The Kier molecular flexibility index (Phi) is 6.59. The second-order valence-electron chi connectivity index (χ2n) is 1.76. The monoisotopic (exact) mass is 206 g/mol. The number of esters is 1. The van der Waals surface area contributed by atoms with Gasteiger partial charge in [0.2, 0.25) is 0 Å². The third-order valence-corrected chi connectivity index (χ3v) is 1.41. The highest BCUT2D eigenvalue weighted by Gasteiger charge is 1.96. The van der Waals surface area contributed by atoms with Crippen LogP contribution in [0.1, 0.15) is 12.8 Å². The van der Waals surface area contributed by atoms with E-state index < -0.39 is 0 Å². The Morgan fingerprint density at radius 3 is 2.90 bits per heavy atom. The zero-order valence-corrected chi connectivity index (χ0v) is 7.39. The fourth-order valence-corrected chi connectivity index (χ4v) is 0.646. The number of halogens is 1. The van der Waals surface area contributed by atoms with Gasteiger partial charge in [-0.2, -0.15) is 0 Å². The standard InChI is InChI=1S/C7H11BrO2/c1-2-4-7(9)10-6-3-5-8/h2H,1,3-6H2. The van der Waals surface area contributed by atoms with E-state index in [0.29, 0.717) is 13.0 Å². The molecule has 0 aromatic heterocycles. The van der Waals surface area contributed by atoms with Crippen molar-refractivity contribution in [2.75, 3.05) is 11.9 Å². The number of hydrogen-bond donors (Lipinski definition) is 0. The van der Waals surface area contributed by atoms with Gasteiger partial charge in [0.25, 0.3) is 0 Å². The number of hydrogen-bond acceptors (Lipinski definition) is 2. The maximum atomic E-state index is 10.6. The van der Waals surface area contributed by atoms with Crippen LogP contribution >= 0.6 is 15.9 Å². The van der Waals surface area contributed by atoms with Gasteiger partial charge in [-0.15, -0.1) is 6.58 Å². The SMILES string of the molecule is C=CCC(=O)OCCCBr. The quantitative estimate of drug-likeness (QED) is 0.298. The van der Waals surface area contributed by atoms with E-state index in [2.05, 4.69) is 22.5 Å². The first-order chi connectivity index (χ1) is 4.81. The van der Waals surface area contributed by atoms with Gasteiger partial charge in [0.05, 0.1) is 13.0 Å². The zero-order valence-electron chi connectivity index (χ0n) is 5.81. The Hall–Kier alpha value is -0.310. The van der Waals surface area contributed by atoms with Crippen molar-refractivity contribution in [3.05, 3.63) is 12.7 Å². The summed E-state index contributed by atoms with van der Waals surface area (Å²) in [6.45, 7) is 3.92. The lowest BCUT2D eigenvalue weighted by atomic mass is 10.4. The molecule has 0 radical (unpaired) electrons. The average molecular weight is 207 g/mol. The summed E-state index contributed by atoms with van der Waals surface area (Å²) in [5, 5.41) is 0.869. The Bertz CT molecular complexity index is 112. The molecule has 0 bridgehead atoms. The summed E-state index contributed by atoms with van der Waals surface area (Å²) in [7, 11) is 0. The fraction of sp³-hybridized carbons (Fsp3) is 0.571. The molecule has 0 aliphatic heterocycles. The van der Waals surface area contributed by atoms with Crippen LogP contribution < -0.4 is 0 Å². The summed E-state index contributed by atoms with van der Waals surface area (Å²) in [5.74, 6) is -0.198. The molecule has 0 aromatic carbocycles. The third kappa shape index (κ3) is 5.82. The highest BCUT2D eigenvalue weighted by molar-refractivity contribution is 9.09. The molecular formula is C7H11BrO2. The van der Waals surface area contributed by atoms with Crippen molar-refractivity contribution >= 4 is 21.9 Å². The molecule has 58 valence electrons. The van der Waals surface area contributed by atoms with Crippen LogP contribution in [0.3, 0.4) is 0 Å².